The molecule has 2 N–H and O–H groups in total. The quantitative estimate of drug-likeness (QED) is 0.746. The van der Waals surface area contributed by atoms with E-state index < -0.39 is 0 Å². The highest BCUT2D eigenvalue weighted by Gasteiger charge is 2.55. The number of aliphatic hydroxyl groups excluding tert-OH is 1. The maximum Gasteiger partial charge on any atom is 0.0661 e. The SMILES string of the molecule is CCOC1CC(NCC(C)CCO)C12CCCCC2. The second kappa shape index (κ2) is 7.05. The Balaban J connectivity index is 1.86. The Morgan fingerprint density at radius 2 is 2.05 bits per heavy atom. The number of hydrogen-bond acceptors (Lipinski definition) is 3. The van der Waals surface area contributed by atoms with E-state index in [1.54, 1.807) is 0 Å². The van der Waals surface area contributed by atoms with Crippen LogP contribution in [0.5, 0.6) is 0 Å². The minimum atomic E-state index is 0.306. The molecule has 0 aromatic rings. The molecular formula is C16H31NO2. The Morgan fingerprint density at radius 1 is 1.32 bits per heavy atom. The van der Waals surface area contributed by atoms with Gasteiger partial charge in [0.15, 0.2) is 0 Å². The van der Waals surface area contributed by atoms with Gasteiger partial charge in [0.2, 0.25) is 0 Å². The van der Waals surface area contributed by atoms with Crippen LogP contribution in [0.3, 0.4) is 0 Å². The monoisotopic (exact) mass is 269 g/mol. The summed E-state index contributed by atoms with van der Waals surface area (Å²) in [5.74, 6) is 0.566. The highest BCUT2D eigenvalue weighted by molar-refractivity contribution is 5.08. The van der Waals surface area contributed by atoms with Gasteiger partial charge in [0, 0.05) is 24.7 Å². The summed E-state index contributed by atoms with van der Waals surface area (Å²) >= 11 is 0. The fourth-order valence-corrected chi connectivity index (χ4v) is 4.02. The molecule has 1 spiro atoms. The summed E-state index contributed by atoms with van der Waals surface area (Å²) in [6, 6.07) is 0.644. The standard InChI is InChI=1S/C16H31NO2/c1-3-19-15-11-14(17-12-13(2)7-10-18)16(15)8-5-4-6-9-16/h13-15,17-18H,3-12H2,1-2H3. The van der Waals surface area contributed by atoms with Crippen LogP contribution in [0.15, 0.2) is 0 Å². The van der Waals surface area contributed by atoms with Crippen molar-refractivity contribution in [1.82, 2.24) is 5.32 Å². The predicted octanol–water partition coefficient (Wildman–Crippen LogP) is 2.72. The number of hydrogen-bond donors (Lipinski definition) is 2. The van der Waals surface area contributed by atoms with E-state index in [2.05, 4.69) is 19.2 Å². The smallest absolute Gasteiger partial charge is 0.0661 e. The van der Waals surface area contributed by atoms with Crippen molar-refractivity contribution in [2.45, 2.75) is 70.9 Å². The molecule has 3 heteroatoms. The summed E-state index contributed by atoms with van der Waals surface area (Å²) in [6.45, 7) is 6.52. The van der Waals surface area contributed by atoms with E-state index in [9.17, 15) is 0 Å². The first-order chi connectivity index (χ1) is 9.23. The molecule has 0 aromatic carbocycles. The first-order valence-electron chi connectivity index (χ1n) is 8.18. The lowest BCUT2D eigenvalue weighted by atomic mass is 9.55. The first kappa shape index (κ1) is 15.3. The van der Waals surface area contributed by atoms with E-state index in [0.29, 0.717) is 30.1 Å². The Bertz CT molecular complexity index is 263. The van der Waals surface area contributed by atoms with Gasteiger partial charge in [-0.15, -0.1) is 0 Å². The van der Waals surface area contributed by atoms with Crippen LogP contribution in [0.4, 0.5) is 0 Å². The molecule has 2 aliphatic carbocycles. The van der Waals surface area contributed by atoms with E-state index in [0.717, 1.165) is 19.6 Å². The molecule has 3 atom stereocenters. The molecular weight excluding hydrogens is 238 g/mol. The molecule has 2 rings (SSSR count). The van der Waals surface area contributed by atoms with Crippen LogP contribution >= 0.6 is 0 Å². The van der Waals surface area contributed by atoms with Crippen LogP contribution in [-0.4, -0.2) is 37.0 Å². The largest absolute Gasteiger partial charge is 0.396 e. The van der Waals surface area contributed by atoms with Gasteiger partial charge in [-0.1, -0.05) is 26.2 Å². The lowest BCUT2D eigenvalue weighted by Gasteiger charge is -2.58. The molecule has 0 aliphatic heterocycles. The summed E-state index contributed by atoms with van der Waals surface area (Å²) in [6.07, 6.45) is 9.38. The van der Waals surface area contributed by atoms with Gasteiger partial charge in [-0.3, -0.25) is 0 Å². The molecule has 0 aromatic heterocycles. The zero-order valence-electron chi connectivity index (χ0n) is 12.7. The second-order valence-electron chi connectivity index (χ2n) is 6.55. The van der Waals surface area contributed by atoms with Gasteiger partial charge < -0.3 is 15.2 Å². The minimum absolute atomic E-state index is 0.306. The minimum Gasteiger partial charge on any atom is -0.396 e. The van der Waals surface area contributed by atoms with Crippen molar-refractivity contribution in [3.8, 4) is 0 Å². The highest BCUT2D eigenvalue weighted by atomic mass is 16.5. The number of rotatable bonds is 7. The molecule has 0 saturated heterocycles. The van der Waals surface area contributed by atoms with E-state index in [-0.39, 0.29) is 0 Å². The topological polar surface area (TPSA) is 41.5 Å². The van der Waals surface area contributed by atoms with E-state index in [4.69, 9.17) is 9.84 Å². The summed E-state index contributed by atoms with van der Waals surface area (Å²) < 4.78 is 5.98. The molecule has 2 saturated carbocycles. The molecule has 112 valence electrons. The van der Waals surface area contributed by atoms with Crippen LogP contribution in [0.25, 0.3) is 0 Å². The molecule has 3 nitrogen and oxygen atoms in total. The Hall–Kier alpha value is -0.120. The van der Waals surface area contributed by atoms with Crippen LogP contribution in [-0.2, 0) is 4.74 Å². The maximum absolute atomic E-state index is 8.98. The molecule has 2 fully saturated rings. The van der Waals surface area contributed by atoms with Crippen molar-refractivity contribution in [2.24, 2.45) is 11.3 Å². The van der Waals surface area contributed by atoms with E-state index >= 15 is 0 Å². The summed E-state index contributed by atoms with van der Waals surface area (Å²) in [7, 11) is 0. The van der Waals surface area contributed by atoms with Crippen molar-refractivity contribution in [2.75, 3.05) is 19.8 Å². The predicted molar refractivity (Wildman–Crippen MR) is 78.2 cm³/mol. The third kappa shape index (κ3) is 3.32. The van der Waals surface area contributed by atoms with Crippen LogP contribution < -0.4 is 5.32 Å². The number of ether oxygens (including phenoxy) is 1. The van der Waals surface area contributed by atoms with Crippen LogP contribution in [0, 0.1) is 11.3 Å². The fraction of sp³-hybridized carbons (Fsp3) is 1.00. The zero-order valence-corrected chi connectivity index (χ0v) is 12.7. The third-order valence-corrected chi connectivity index (χ3v) is 5.27. The van der Waals surface area contributed by atoms with Gasteiger partial charge in [0.1, 0.15) is 0 Å². The summed E-state index contributed by atoms with van der Waals surface area (Å²) in [5.41, 5.74) is 0.424. The summed E-state index contributed by atoms with van der Waals surface area (Å²) in [4.78, 5) is 0. The second-order valence-corrected chi connectivity index (χ2v) is 6.55. The average Bonchev–Trinajstić information content (AvgIpc) is 2.43. The molecule has 2 aliphatic rings. The first-order valence-corrected chi connectivity index (χ1v) is 8.18. The van der Waals surface area contributed by atoms with Crippen molar-refractivity contribution in [1.29, 1.82) is 0 Å². The van der Waals surface area contributed by atoms with Gasteiger partial charge in [0.25, 0.3) is 0 Å². The maximum atomic E-state index is 8.98. The van der Waals surface area contributed by atoms with Gasteiger partial charge in [-0.2, -0.15) is 0 Å². The number of nitrogens with one attached hydrogen (secondary N) is 1. The number of aliphatic hydroxyl groups is 1. The van der Waals surface area contributed by atoms with Crippen molar-refractivity contribution in [3.05, 3.63) is 0 Å². The molecule has 3 unspecified atom stereocenters. The highest BCUT2D eigenvalue weighted by Crippen LogP contribution is 2.53. The molecule has 0 amide bonds. The Morgan fingerprint density at radius 3 is 2.68 bits per heavy atom. The molecule has 0 radical (unpaired) electrons. The molecule has 19 heavy (non-hydrogen) atoms. The van der Waals surface area contributed by atoms with Gasteiger partial charge in [-0.05, 0) is 45.1 Å². The lowest BCUT2D eigenvalue weighted by molar-refractivity contribution is -0.150. The van der Waals surface area contributed by atoms with Crippen LogP contribution in [0.2, 0.25) is 0 Å². The zero-order chi connectivity index (χ0) is 13.7. The van der Waals surface area contributed by atoms with Crippen LogP contribution in [0.1, 0.15) is 58.8 Å². The Kier molecular flexibility index (Phi) is 5.67. The van der Waals surface area contributed by atoms with Gasteiger partial charge in [0.05, 0.1) is 6.10 Å². The van der Waals surface area contributed by atoms with Crippen molar-refractivity contribution >= 4 is 0 Å². The Labute approximate surface area is 118 Å². The fourth-order valence-electron chi connectivity index (χ4n) is 4.02. The molecule has 0 heterocycles. The summed E-state index contributed by atoms with van der Waals surface area (Å²) in [5, 5.41) is 12.7. The van der Waals surface area contributed by atoms with E-state index in [1.807, 2.05) is 0 Å². The molecule has 0 bridgehead atoms. The van der Waals surface area contributed by atoms with E-state index in [1.165, 1.54) is 38.5 Å². The third-order valence-electron chi connectivity index (χ3n) is 5.27. The van der Waals surface area contributed by atoms with Crippen molar-refractivity contribution in [3.63, 3.8) is 0 Å². The average molecular weight is 269 g/mol. The van der Waals surface area contributed by atoms with Gasteiger partial charge >= 0.3 is 0 Å². The van der Waals surface area contributed by atoms with Gasteiger partial charge in [-0.25, -0.2) is 0 Å². The normalized spacial score (nSPS) is 31.1. The van der Waals surface area contributed by atoms with Crippen molar-refractivity contribution < 1.29 is 9.84 Å². The lowest BCUT2D eigenvalue weighted by Crippen LogP contribution is -2.64.